The van der Waals surface area contributed by atoms with E-state index in [2.05, 4.69) is 4.74 Å². The molecule has 1 unspecified atom stereocenters. The van der Waals surface area contributed by atoms with Crippen molar-refractivity contribution in [2.75, 3.05) is 13.7 Å². The SMILES string of the molecule is COC(=O)C(CO)NS(=O)(=O)c1csc(C(=O)O)c1. The third-order valence-electron chi connectivity index (χ3n) is 2.06. The molecule has 0 spiro atoms. The van der Waals surface area contributed by atoms with Gasteiger partial charge in [0, 0.05) is 5.38 Å². The molecule has 0 saturated heterocycles. The number of carbonyl (C=O) groups is 2. The van der Waals surface area contributed by atoms with Crippen LogP contribution in [0.5, 0.6) is 0 Å². The number of hydrogen-bond acceptors (Lipinski definition) is 7. The summed E-state index contributed by atoms with van der Waals surface area (Å²) in [5.41, 5.74) is 0. The van der Waals surface area contributed by atoms with Gasteiger partial charge in [-0.1, -0.05) is 0 Å². The molecule has 0 aliphatic rings. The average Bonchev–Trinajstić information content (AvgIpc) is 2.85. The lowest BCUT2D eigenvalue weighted by Crippen LogP contribution is -2.43. The van der Waals surface area contributed by atoms with E-state index in [0.29, 0.717) is 0 Å². The van der Waals surface area contributed by atoms with Crippen LogP contribution < -0.4 is 4.72 Å². The quantitative estimate of drug-likeness (QED) is 0.590. The van der Waals surface area contributed by atoms with Crippen molar-refractivity contribution in [2.45, 2.75) is 10.9 Å². The molecule has 0 fully saturated rings. The summed E-state index contributed by atoms with van der Waals surface area (Å²) in [5, 5.41) is 18.7. The first kappa shape index (κ1) is 15.6. The molecule has 1 aromatic heterocycles. The Morgan fingerprint density at radius 1 is 1.53 bits per heavy atom. The molecule has 1 aromatic rings. The number of carbonyl (C=O) groups excluding carboxylic acids is 1. The Bertz CT molecular complexity index is 577. The summed E-state index contributed by atoms with van der Waals surface area (Å²) in [6.45, 7) is -0.776. The Morgan fingerprint density at radius 2 is 2.16 bits per heavy atom. The number of aliphatic hydroxyl groups excluding tert-OH is 1. The molecular weight excluding hydrogens is 298 g/mol. The molecule has 106 valence electrons. The van der Waals surface area contributed by atoms with Crippen LogP contribution >= 0.6 is 11.3 Å². The Hall–Kier alpha value is -1.49. The molecule has 1 atom stereocenters. The number of esters is 1. The van der Waals surface area contributed by atoms with Crippen molar-refractivity contribution in [3.8, 4) is 0 Å². The topological polar surface area (TPSA) is 130 Å². The Kier molecular flexibility index (Phi) is 5.00. The normalized spacial score (nSPS) is 12.9. The zero-order valence-electron chi connectivity index (χ0n) is 9.69. The highest BCUT2D eigenvalue weighted by molar-refractivity contribution is 7.89. The fourth-order valence-corrected chi connectivity index (χ4v) is 3.42. The Morgan fingerprint density at radius 3 is 2.58 bits per heavy atom. The number of methoxy groups -OCH3 is 1. The van der Waals surface area contributed by atoms with Crippen LogP contribution in [0.25, 0.3) is 0 Å². The molecule has 3 N–H and O–H groups in total. The summed E-state index contributed by atoms with van der Waals surface area (Å²) in [6, 6.07) is -0.482. The lowest BCUT2D eigenvalue weighted by atomic mass is 10.3. The van der Waals surface area contributed by atoms with Crippen LogP contribution in [0.3, 0.4) is 0 Å². The molecule has 0 radical (unpaired) electrons. The van der Waals surface area contributed by atoms with Crippen molar-refractivity contribution in [3.05, 3.63) is 16.3 Å². The number of hydrogen-bond donors (Lipinski definition) is 3. The van der Waals surface area contributed by atoms with Gasteiger partial charge in [-0.2, -0.15) is 4.72 Å². The van der Waals surface area contributed by atoms with E-state index in [9.17, 15) is 18.0 Å². The molecule has 8 nitrogen and oxygen atoms in total. The number of aliphatic hydroxyl groups is 1. The van der Waals surface area contributed by atoms with Gasteiger partial charge in [0.05, 0.1) is 18.6 Å². The van der Waals surface area contributed by atoms with Crippen molar-refractivity contribution >= 4 is 33.3 Å². The highest BCUT2D eigenvalue weighted by Crippen LogP contribution is 2.19. The van der Waals surface area contributed by atoms with Crippen molar-refractivity contribution in [2.24, 2.45) is 0 Å². The van der Waals surface area contributed by atoms with Crippen LogP contribution in [0.2, 0.25) is 0 Å². The third-order valence-corrected chi connectivity index (χ3v) is 4.58. The number of carboxylic acid groups (broad SMARTS) is 1. The molecule has 1 rings (SSSR count). The minimum absolute atomic E-state index is 0.154. The van der Waals surface area contributed by atoms with Crippen molar-refractivity contribution in [3.63, 3.8) is 0 Å². The van der Waals surface area contributed by atoms with Gasteiger partial charge < -0.3 is 14.9 Å². The second-order valence-electron chi connectivity index (χ2n) is 3.33. The fourth-order valence-electron chi connectivity index (χ4n) is 1.13. The molecule has 0 bridgehead atoms. The van der Waals surface area contributed by atoms with Crippen LogP contribution in [0.4, 0.5) is 0 Å². The molecule has 19 heavy (non-hydrogen) atoms. The van der Waals surface area contributed by atoms with Gasteiger partial charge >= 0.3 is 11.9 Å². The van der Waals surface area contributed by atoms with Crippen LogP contribution in [-0.2, 0) is 19.6 Å². The van der Waals surface area contributed by atoms with Gasteiger partial charge in [0.1, 0.15) is 10.9 Å². The number of nitrogens with one attached hydrogen (secondary N) is 1. The van der Waals surface area contributed by atoms with Gasteiger partial charge in [-0.3, -0.25) is 4.79 Å². The van der Waals surface area contributed by atoms with Crippen LogP contribution in [0, 0.1) is 0 Å². The average molecular weight is 309 g/mol. The summed E-state index contributed by atoms with van der Waals surface area (Å²) < 4.78 is 29.9. The largest absolute Gasteiger partial charge is 0.477 e. The van der Waals surface area contributed by atoms with Crippen LogP contribution in [-0.4, -0.2) is 50.3 Å². The van der Waals surface area contributed by atoms with E-state index in [1.54, 1.807) is 0 Å². The van der Waals surface area contributed by atoms with Crippen molar-refractivity contribution < 1.29 is 33.0 Å². The first-order valence-electron chi connectivity index (χ1n) is 4.84. The van der Waals surface area contributed by atoms with Crippen molar-refractivity contribution in [1.29, 1.82) is 0 Å². The molecular formula is C9H11NO7S2. The van der Waals surface area contributed by atoms with Gasteiger partial charge in [0.2, 0.25) is 10.0 Å². The molecule has 0 aliphatic heterocycles. The smallest absolute Gasteiger partial charge is 0.345 e. The van der Waals surface area contributed by atoms with Crippen LogP contribution in [0.1, 0.15) is 9.67 Å². The number of ether oxygens (including phenoxy) is 1. The third kappa shape index (κ3) is 3.73. The minimum Gasteiger partial charge on any atom is -0.477 e. The summed E-state index contributed by atoms with van der Waals surface area (Å²) >= 11 is 0.736. The predicted octanol–water partition coefficient (Wildman–Crippen LogP) is -0.742. The maximum Gasteiger partial charge on any atom is 0.345 e. The number of thiophene rings is 1. The van der Waals surface area contributed by atoms with Gasteiger partial charge in [-0.05, 0) is 6.07 Å². The Labute approximate surface area is 112 Å². The van der Waals surface area contributed by atoms with Gasteiger partial charge in [0.25, 0.3) is 0 Å². The first-order chi connectivity index (χ1) is 8.81. The van der Waals surface area contributed by atoms with E-state index in [1.807, 2.05) is 4.72 Å². The van der Waals surface area contributed by atoms with E-state index in [1.165, 1.54) is 0 Å². The number of aromatic carboxylic acids is 1. The molecule has 10 heteroatoms. The monoisotopic (exact) mass is 309 g/mol. The minimum atomic E-state index is -4.10. The summed E-state index contributed by atoms with van der Waals surface area (Å²) in [7, 11) is -3.06. The summed E-state index contributed by atoms with van der Waals surface area (Å²) in [5.74, 6) is -2.20. The first-order valence-corrected chi connectivity index (χ1v) is 7.21. The van der Waals surface area contributed by atoms with E-state index in [0.717, 1.165) is 29.9 Å². The standard InChI is InChI=1S/C9H11NO7S2/c1-17-9(14)6(3-11)10-19(15,16)5-2-7(8(12)13)18-4-5/h2,4,6,10-11H,3H2,1H3,(H,12,13). The maximum atomic E-state index is 11.8. The number of carboxylic acids is 1. The van der Waals surface area contributed by atoms with Gasteiger partial charge in [0.15, 0.2) is 0 Å². The predicted molar refractivity (Wildman–Crippen MR) is 64.5 cm³/mol. The zero-order chi connectivity index (χ0) is 14.6. The van der Waals surface area contributed by atoms with E-state index < -0.39 is 34.6 Å². The summed E-state index contributed by atoms with van der Waals surface area (Å²) in [4.78, 5) is 21.4. The second-order valence-corrected chi connectivity index (χ2v) is 5.96. The van der Waals surface area contributed by atoms with Gasteiger partial charge in [-0.25, -0.2) is 13.2 Å². The molecule has 0 saturated carbocycles. The fraction of sp³-hybridized carbons (Fsp3) is 0.333. The number of rotatable bonds is 6. The molecule has 0 amide bonds. The molecule has 0 aliphatic carbocycles. The maximum absolute atomic E-state index is 11.8. The molecule has 0 aromatic carbocycles. The van der Waals surface area contributed by atoms with Crippen LogP contribution in [0.15, 0.2) is 16.3 Å². The second kappa shape index (κ2) is 6.10. The highest BCUT2D eigenvalue weighted by Gasteiger charge is 2.27. The van der Waals surface area contributed by atoms with Gasteiger partial charge in [-0.15, -0.1) is 11.3 Å². The lowest BCUT2D eigenvalue weighted by Gasteiger charge is -2.13. The zero-order valence-corrected chi connectivity index (χ0v) is 11.3. The lowest BCUT2D eigenvalue weighted by molar-refractivity contribution is -0.143. The summed E-state index contributed by atoms with van der Waals surface area (Å²) in [6.07, 6.45) is 0. The highest BCUT2D eigenvalue weighted by atomic mass is 32.2. The van der Waals surface area contributed by atoms with E-state index in [-0.39, 0.29) is 9.77 Å². The van der Waals surface area contributed by atoms with E-state index >= 15 is 0 Å². The van der Waals surface area contributed by atoms with E-state index in [4.69, 9.17) is 10.2 Å². The Balaban J connectivity index is 2.96. The number of sulfonamides is 1. The molecule has 1 heterocycles. The van der Waals surface area contributed by atoms with Crippen molar-refractivity contribution in [1.82, 2.24) is 4.72 Å².